The van der Waals surface area contributed by atoms with Crippen LogP contribution in [-0.2, 0) is 4.79 Å². The molecular formula is C4H8Cl2O3. The van der Waals surface area contributed by atoms with Crippen LogP contribution < -0.4 is 0 Å². The standard InChI is InChI=1S/C2H4Cl2O.C2H4O2/c3-1-2(4)5;1-2(3)4/h2,5H,1H2;1H3,(H,3,4). The summed E-state index contributed by atoms with van der Waals surface area (Å²) in [5, 5.41) is 15.4. The number of rotatable bonds is 1. The van der Waals surface area contributed by atoms with Crippen molar-refractivity contribution in [3.63, 3.8) is 0 Å². The van der Waals surface area contributed by atoms with Crippen molar-refractivity contribution in [1.29, 1.82) is 0 Å². The van der Waals surface area contributed by atoms with Crippen LogP contribution in [-0.4, -0.2) is 27.6 Å². The second-order valence-corrected chi connectivity index (χ2v) is 1.92. The zero-order chi connectivity index (χ0) is 7.86. The van der Waals surface area contributed by atoms with Gasteiger partial charge < -0.3 is 10.2 Å². The molecule has 5 heteroatoms. The Bertz CT molecular complexity index is 70.2. The quantitative estimate of drug-likeness (QED) is 0.581. The molecule has 0 rings (SSSR count). The molecular weight excluding hydrogens is 167 g/mol. The first-order chi connectivity index (χ1) is 4.00. The molecule has 0 spiro atoms. The Balaban J connectivity index is 0. The van der Waals surface area contributed by atoms with Crippen LogP contribution in [0.2, 0.25) is 0 Å². The summed E-state index contributed by atoms with van der Waals surface area (Å²) in [6.07, 6.45) is 0. The number of aliphatic hydroxyl groups is 1. The number of aliphatic carboxylic acids is 1. The molecule has 56 valence electrons. The number of halogens is 2. The fourth-order valence-corrected chi connectivity index (χ4v) is 0. The smallest absolute Gasteiger partial charge is 0.300 e. The van der Waals surface area contributed by atoms with Crippen molar-refractivity contribution in [2.75, 3.05) is 5.88 Å². The molecule has 0 saturated carbocycles. The van der Waals surface area contributed by atoms with Gasteiger partial charge in [0.05, 0.1) is 5.88 Å². The first-order valence-corrected chi connectivity index (χ1v) is 3.05. The van der Waals surface area contributed by atoms with Crippen LogP contribution in [0.3, 0.4) is 0 Å². The number of carbonyl (C=O) groups is 1. The molecule has 3 nitrogen and oxygen atoms in total. The monoisotopic (exact) mass is 174 g/mol. The van der Waals surface area contributed by atoms with Crippen LogP contribution in [0.15, 0.2) is 0 Å². The molecule has 0 heterocycles. The average Bonchev–Trinajstić information content (AvgIpc) is 1.65. The van der Waals surface area contributed by atoms with Crippen molar-refractivity contribution in [2.24, 2.45) is 0 Å². The molecule has 0 amide bonds. The zero-order valence-corrected chi connectivity index (χ0v) is 6.35. The van der Waals surface area contributed by atoms with E-state index >= 15 is 0 Å². The number of carboxylic acid groups (broad SMARTS) is 1. The minimum atomic E-state index is -0.878. The van der Waals surface area contributed by atoms with Gasteiger partial charge in [0.1, 0.15) is 5.56 Å². The highest BCUT2D eigenvalue weighted by Crippen LogP contribution is 1.89. The number of hydrogen-bond acceptors (Lipinski definition) is 2. The highest BCUT2D eigenvalue weighted by molar-refractivity contribution is 6.27. The Morgan fingerprint density at radius 1 is 1.78 bits per heavy atom. The van der Waals surface area contributed by atoms with Crippen molar-refractivity contribution in [2.45, 2.75) is 12.5 Å². The Hall–Kier alpha value is 0.01000. The number of carboxylic acids is 1. The van der Waals surface area contributed by atoms with Crippen LogP contribution in [0.5, 0.6) is 0 Å². The SMILES string of the molecule is CC(=O)O.OC(Cl)CCl. The summed E-state index contributed by atoms with van der Waals surface area (Å²) in [6, 6.07) is 0. The third-order valence-electron chi connectivity index (χ3n) is 0.127. The molecule has 0 aromatic rings. The summed E-state index contributed by atoms with van der Waals surface area (Å²) in [7, 11) is 0. The Labute approximate surface area is 63.2 Å². The van der Waals surface area contributed by atoms with E-state index in [0.29, 0.717) is 0 Å². The van der Waals surface area contributed by atoms with E-state index in [1.165, 1.54) is 0 Å². The van der Waals surface area contributed by atoms with E-state index in [1.807, 2.05) is 0 Å². The van der Waals surface area contributed by atoms with E-state index in [2.05, 4.69) is 0 Å². The summed E-state index contributed by atoms with van der Waals surface area (Å²) < 4.78 is 0. The highest BCUT2D eigenvalue weighted by Gasteiger charge is 1.87. The normalized spacial score (nSPS) is 11.1. The lowest BCUT2D eigenvalue weighted by Crippen LogP contribution is -1.93. The maximum Gasteiger partial charge on any atom is 0.300 e. The van der Waals surface area contributed by atoms with E-state index in [4.69, 9.17) is 38.2 Å². The van der Waals surface area contributed by atoms with Crippen molar-refractivity contribution in [3.05, 3.63) is 0 Å². The summed E-state index contributed by atoms with van der Waals surface area (Å²) in [5.41, 5.74) is -0.878. The topological polar surface area (TPSA) is 57.5 Å². The number of aliphatic hydroxyl groups excluding tert-OH is 1. The maximum atomic E-state index is 9.00. The van der Waals surface area contributed by atoms with Gasteiger partial charge in [-0.05, 0) is 0 Å². The fraction of sp³-hybridized carbons (Fsp3) is 0.750. The van der Waals surface area contributed by atoms with Crippen molar-refractivity contribution < 1.29 is 15.0 Å². The van der Waals surface area contributed by atoms with Gasteiger partial charge in [0.15, 0.2) is 0 Å². The van der Waals surface area contributed by atoms with E-state index < -0.39 is 11.5 Å². The van der Waals surface area contributed by atoms with Gasteiger partial charge in [-0.1, -0.05) is 11.6 Å². The minimum Gasteiger partial charge on any atom is -0.481 e. The lowest BCUT2D eigenvalue weighted by molar-refractivity contribution is -0.134. The lowest BCUT2D eigenvalue weighted by Gasteiger charge is -1.85. The van der Waals surface area contributed by atoms with Gasteiger partial charge in [0.2, 0.25) is 0 Å². The predicted molar refractivity (Wildman–Crippen MR) is 35.9 cm³/mol. The van der Waals surface area contributed by atoms with Crippen molar-refractivity contribution >= 4 is 29.2 Å². The van der Waals surface area contributed by atoms with Crippen molar-refractivity contribution in [1.82, 2.24) is 0 Å². The Morgan fingerprint density at radius 2 is 1.89 bits per heavy atom. The first kappa shape index (κ1) is 11.8. The van der Waals surface area contributed by atoms with Gasteiger partial charge in [-0.25, -0.2) is 0 Å². The molecule has 0 saturated heterocycles. The Kier molecular flexibility index (Phi) is 10.5. The molecule has 2 N–H and O–H groups in total. The first-order valence-electron chi connectivity index (χ1n) is 2.08. The third kappa shape index (κ3) is 71.6. The van der Waals surface area contributed by atoms with Gasteiger partial charge in [-0.2, -0.15) is 0 Å². The van der Waals surface area contributed by atoms with E-state index in [0.717, 1.165) is 6.92 Å². The summed E-state index contributed by atoms with van der Waals surface area (Å²) in [5.74, 6) is -0.735. The zero-order valence-electron chi connectivity index (χ0n) is 4.84. The molecule has 0 aliphatic rings. The third-order valence-corrected chi connectivity index (χ3v) is 0.732. The summed E-state index contributed by atoms with van der Waals surface area (Å²) in [6.45, 7) is 1.08. The number of hydrogen-bond donors (Lipinski definition) is 2. The van der Waals surface area contributed by atoms with Crippen LogP contribution in [0.4, 0.5) is 0 Å². The minimum absolute atomic E-state index is 0.0988. The molecule has 9 heavy (non-hydrogen) atoms. The van der Waals surface area contributed by atoms with Crippen LogP contribution in [0, 0.1) is 0 Å². The molecule has 0 fully saturated rings. The average molecular weight is 175 g/mol. The van der Waals surface area contributed by atoms with Crippen LogP contribution in [0.25, 0.3) is 0 Å². The lowest BCUT2D eigenvalue weighted by atomic mass is 10.9. The van der Waals surface area contributed by atoms with E-state index in [9.17, 15) is 0 Å². The molecule has 1 unspecified atom stereocenters. The number of alkyl halides is 2. The Morgan fingerprint density at radius 3 is 1.89 bits per heavy atom. The maximum absolute atomic E-state index is 9.00. The second-order valence-electron chi connectivity index (χ2n) is 1.11. The van der Waals surface area contributed by atoms with Crippen LogP contribution >= 0.6 is 23.2 Å². The van der Waals surface area contributed by atoms with Gasteiger partial charge in [-0.15, -0.1) is 11.6 Å². The highest BCUT2D eigenvalue weighted by atomic mass is 35.5. The van der Waals surface area contributed by atoms with Gasteiger partial charge in [0.25, 0.3) is 5.97 Å². The van der Waals surface area contributed by atoms with Gasteiger partial charge in [-0.3, -0.25) is 4.79 Å². The second kappa shape index (κ2) is 8.01. The van der Waals surface area contributed by atoms with E-state index in [1.54, 1.807) is 0 Å². The molecule has 1 atom stereocenters. The van der Waals surface area contributed by atoms with Crippen LogP contribution in [0.1, 0.15) is 6.92 Å². The van der Waals surface area contributed by atoms with E-state index in [-0.39, 0.29) is 5.88 Å². The summed E-state index contributed by atoms with van der Waals surface area (Å²) in [4.78, 5) is 9.00. The molecule has 0 bridgehead atoms. The van der Waals surface area contributed by atoms with Gasteiger partial charge in [0, 0.05) is 6.92 Å². The van der Waals surface area contributed by atoms with Crippen molar-refractivity contribution in [3.8, 4) is 0 Å². The molecule has 0 aliphatic heterocycles. The predicted octanol–water partition coefficient (Wildman–Crippen LogP) is 0.873. The molecule has 0 aromatic heterocycles. The van der Waals surface area contributed by atoms with Gasteiger partial charge >= 0.3 is 0 Å². The molecule has 0 aromatic carbocycles. The molecule has 0 radical (unpaired) electrons. The summed E-state index contributed by atoms with van der Waals surface area (Å²) >= 11 is 9.84. The molecule has 0 aliphatic carbocycles. The fourth-order valence-electron chi connectivity index (χ4n) is 0. The largest absolute Gasteiger partial charge is 0.481 e.